The van der Waals surface area contributed by atoms with Gasteiger partial charge in [0.2, 0.25) is 0 Å². The van der Waals surface area contributed by atoms with Crippen LogP contribution in [0.15, 0.2) is 59.5 Å². The van der Waals surface area contributed by atoms with Crippen LogP contribution in [0.4, 0.5) is 0 Å². The summed E-state index contributed by atoms with van der Waals surface area (Å²) in [4.78, 5) is 13.6. The maximum absolute atomic E-state index is 12.5. The second-order valence-electron chi connectivity index (χ2n) is 5.73. The summed E-state index contributed by atoms with van der Waals surface area (Å²) < 4.78 is 0. The highest BCUT2D eigenvalue weighted by Crippen LogP contribution is 2.27. The molecule has 1 aliphatic carbocycles. The zero-order chi connectivity index (χ0) is 15.2. The highest BCUT2D eigenvalue weighted by atomic mass is 32.2. The molecule has 1 amide bonds. The van der Waals surface area contributed by atoms with Crippen molar-refractivity contribution in [2.75, 3.05) is 0 Å². The summed E-state index contributed by atoms with van der Waals surface area (Å²) in [5.41, 5.74) is 2.08. The van der Waals surface area contributed by atoms with E-state index in [1.807, 2.05) is 30.3 Å². The minimum absolute atomic E-state index is 0.0723. The number of hydrogen-bond donors (Lipinski definition) is 1. The summed E-state index contributed by atoms with van der Waals surface area (Å²) >= 11 is 1.73. The Hall–Kier alpha value is -1.74. The normalized spacial score (nSPS) is 14.9. The lowest BCUT2D eigenvalue weighted by Crippen LogP contribution is -2.32. The molecule has 0 unspecified atom stereocenters. The molecule has 2 nitrogen and oxygen atoms in total. The van der Waals surface area contributed by atoms with Crippen molar-refractivity contribution in [2.24, 2.45) is 0 Å². The van der Waals surface area contributed by atoms with Gasteiger partial charge < -0.3 is 5.32 Å². The maximum atomic E-state index is 12.5. The molecule has 0 heterocycles. The fraction of sp³-hybridized carbons (Fsp3) is 0.316. The van der Waals surface area contributed by atoms with Crippen LogP contribution in [0.5, 0.6) is 0 Å². The zero-order valence-corrected chi connectivity index (χ0v) is 13.4. The molecular weight excluding hydrogens is 290 g/mol. The molecule has 1 N–H and O–H groups in total. The molecule has 1 fully saturated rings. The Morgan fingerprint density at radius 3 is 2.45 bits per heavy atom. The number of hydrogen-bond acceptors (Lipinski definition) is 2. The lowest BCUT2D eigenvalue weighted by atomic mass is 10.2. The van der Waals surface area contributed by atoms with Gasteiger partial charge in [0.25, 0.3) is 5.91 Å². The summed E-state index contributed by atoms with van der Waals surface area (Å²) in [6, 6.07) is 18.6. The Morgan fingerprint density at radius 2 is 1.68 bits per heavy atom. The van der Waals surface area contributed by atoms with Crippen molar-refractivity contribution in [3.05, 3.63) is 65.7 Å². The van der Waals surface area contributed by atoms with Gasteiger partial charge >= 0.3 is 0 Å². The van der Waals surface area contributed by atoms with E-state index < -0.39 is 0 Å². The molecule has 114 valence electrons. The SMILES string of the molecule is O=C(NC1CCCC1)c1ccccc1SCc1ccccc1. The van der Waals surface area contributed by atoms with Gasteiger partial charge in [-0.1, -0.05) is 55.3 Å². The highest BCUT2D eigenvalue weighted by molar-refractivity contribution is 7.98. The van der Waals surface area contributed by atoms with Crippen molar-refractivity contribution < 1.29 is 4.79 Å². The summed E-state index contributed by atoms with van der Waals surface area (Å²) in [5, 5.41) is 3.18. The van der Waals surface area contributed by atoms with E-state index in [4.69, 9.17) is 0 Å². The van der Waals surface area contributed by atoms with Gasteiger partial charge in [0.15, 0.2) is 0 Å². The number of benzene rings is 2. The van der Waals surface area contributed by atoms with Crippen LogP contribution in [0, 0.1) is 0 Å². The van der Waals surface area contributed by atoms with Crippen molar-refractivity contribution in [2.45, 2.75) is 42.4 Å². The van der Waals surface area contributed by atoms with Gasteiger partial charge in [-0.25, -0.2) is 0 Å². The monoisotopic (exact) mass is 311 g/mol. The van der Waals surface area contributed by atoms with Crippen LogP contribution >= 0.6 is 11.8 Å². The summed E-state index contributed by atoms with van der Waals surface area (Å²) in [6.45, 7) is 0. The minimum atomic E-state index is 0.0723. The highest BCUT2D eigenvalue weighted by Gasteiger charge is 2.19. The summed E-state index contributed by atoms with van der Waals surface area (Å²) in [6.07, 6.45) is 4.70. The molecule has 0 spiro atoms. The molecule has 0 saturated heterocycles. The first-order chi connectivity index (χ1) is 10.8. The Balaban J connectivity index is 1.67. The average molecular weight is 311 g/mol. The predicted molar refractivity (Wildman–Crippen MR) is 92.2 cm³/mol. The standard InChI is InChI=1S/C19H21NOS/c21-19(20-16-10-4-5-11-16)17-12-6-7-13-18(17)22-14-15-8-2-1-3-9-15/h1-3,6-9,12-13,16H,4-5,10-11,14H2,(H,20,21). The van der Waals surface area contributed by atoms with E-state index in [2.05, 4.69) is 29.6 Å². The van der Waals surface area contributed by atoms with E-state index in [0.29, 0.717) is 6.04 Å². The zero-order valence-electron chi connectivity index (χ0n) is 12.6. The van der Waals surface area contributed by atoms with Gasteiger partial charge in [0.05, 0.1) is 5.56 Å². The largest absolute Gasteiger partial charge is 0.349 e. The Morgan fingerprint density at radius 1 is 1.00 bits per heavy atom. The van der Waals surface area contributed by atoms with Crippen molar-refractivity contribution in [1.29, 1.82) is 0 Å². The van der Waals surface area contributed by atoms with Crippen LogP contribution in [0.25, 0.3) is 0 Å². The number of carbonyl (C=O) groups is 1. The van der Waals surface area contributed by atoms with Gasteiger partial charge in [-0.05, 0) is 30.5 Å². The van der Waals surface area contributed by atoms with Crippen molar-refractivity contribution in [3.63, 3.8) is 0 Å². The summed E-state index contributed by atoms with van der Waals surface area (Å²) in [7, 11) is 0. The quantitative estimate of drug-likeness (QED) is 0.814. The molecule has 3 heteroatoms. The molecule has 1 aliphatic rings. The van der Waals surface area contributed by atoms with E-state index in [-0.39, 0.29) is 5.91 Å². The minimum Gasteiger partial charge on any atom is -0.349 e. The third kappa shape index (κ3) is 3.92. The topological polar surface area (TPSA) is 29.1 Å². The van der Waals surface area contributed by atoms with Crippen molar-refractivity contribution >= 4 is 17.7 Å². The number of rotatable bonds is 5. The number of thioether (sulfide) groups is 1. The molecule has 0 atom stereocenters. The van der Waals surface area contributed by atoms with Crippen LogP contribution in [0.3, 0.4) is 0 Å². The van der Waals surface area contributed by atoms with Crippen LogP contribution < -0.4 is 5.32 Å². The van der Waals surface area contributed by atoms with Crippen LogP contribution in [0.1, 0.15) is 41.6 Å². The predicted octanol–water partition coefficient (Wildman–Crippen LogP) is 4.65. The second-order valence-corrected chi connectivity index (χ2v) is 6.74. The molecule has 1 saturated carbocycles. The lowest BCUT2D eigenvalue weighted by molar-refractivity contribution is 0.0935. The van der Waals surface area contributed by atoms with E-state index in [1.165, 1.54) is 18.4 Å². The first-order valence-corrected chi connectivity index (χ1v) is 8.88. The number of nitrogens with one attached hydrogen (secondary N) is 1. The third-order valence-corrected chi connectivity index (χ3v) is 5.20. The van der Waals surface area contributed by atoms with E-state index in [0.717, 1.165) is 29.1 Å². The van der Waals surface area contributed by atoms with Crippen molar-refractivity contribution in [3.8, 4) is 0 Å². The molecule has 22 heavy (non-hydrogen) atoms. The third-order valence-electron chi connectivity index (χ3n) is 4.06. The molecule has 0 aliphatic heterocycles. The molecule has 0 radical (unpaired) electrons. The molecular formula is C19H21NOS. The Bertz CT molecular complexity index is 620. The van der Waals surface area contributed by atoms with Crippen LogP contribution in [0.2, 0.25) is 0 Å². The molecule has 3 rings (SSSR count). The van der Waals surface area contributed by atoms with Gasteiger partial charge in [-0.15, -0.1) is 11.8 Å². The number of amides is 1. The second kappa shape index (κ2) is 7.50. The van der Waals surface area contributed by atoms with Gasteiger partial charge in [0.1, 0.15) is 0 Å². The first-order valence-electron chi connectivity index (χ1n) is 7.89. The van der Waals surface area contributed by atoms with Gasteiger partial charge in [-0.2, -0.15) is 0 Å². The van der Waals surface area contributed by atoms with Crippen LogP contribution in [-0.4, -0.2) is 11.9 Å². The van der Waals surface area contributed by atoms with E-state index in [1.54, 1.807) is 11.8 Å². The van der Waals surface area contributed by atoms with Crippen molar-refractivity contribution in [1.82, 2.24) is 5.32 Å². The van der Waals surface area contributed by atoms with E-state index >= 15 is 0 Å². The molecule has 0 aromatic heterocycles. The fourth-order valence-electron chi connectivity index (χ4n) is 2.85. The average Bonchev–Trinajstić information content (AvgIpc) is 3.07. The van der Waals surface area contributed by atoms with Crippen LogP contribution in [-0.2, 0) is 5.75 Å². The fourth-order valence-corrected chi connectivity index (χ4v) is 3.85. The smallest absolute Gasteiger partial charge is 0.252 e. The number of carbonyl (C=O) groups excluding carboxylic acids is 1. The summed E-state index contributed by atoms with van der Waals surface area (Å²) in [5.74, 6) is 0.956. The molecule has 2 aromatic rings. The molecule has 2 aromatic carbocycles. The Kier molecular flexibility index (Phi) is 5.17. The van der Waals surface area contributed by atoms with Gasteiger partial charge in [-0.3, -0.25) is 4.79 Å². The maximum Gasteiger partial charge on any atom is 0.252 e. The Labute approximate surface area is 136 Å². The van der Waals surface area contributed by atoms with Gasteiger partial charge in [0, 0.05) is 16.7 Å². The molecule has 0 bridgehead atoms. The lowest BCUT2D eigenvalue weighted by Gasteiger charge is -2.14. The van der Waals surface area contributed by atoms with E-state index in [9.17, 15) is 4.79 Å². The first kappa shape index (κ1) is 15.2.